The molecular weight excluding hydrogens is 366 g/mol. The molecule has 0 aromatic heterocycles. The first kappa shape index (κ1) is 18.7. The molecule has 1 aliphatic heterocycles. The largest absolute Gasteiger partial charge is 0.548 e. The average Bonchev–Trinajstić information content (AvgIpc) is 2.83. The summed E-state index contributed by atoms with van der Waals surface area (Å²) in [5, 5.41) is 11.4. The Morgan fingerprint density at radius 2 is 2.00 bits per heavy atom. The van der Waals surface area contributed by atoms with E-state index in [1.807, 2.05) is 6.26 Å². The first-order valence-electron chi connectivity index (χ1n) is 7.00. The van der Waals surface area contributed by atoms with Gasteiger partial charge in [0.1, 0.15) is 10.6 Å². The van der Waals surface area contributed by atoms with E-state index in [-0.39, 0.29) is 10.7 Å². The Kier molecular flexibility index (Phi) is 6.59. The van der Waals surface area contributed by atoms with Crippen LogP contribution in [0.3, 0.4) is 0 Å². The molecule has 8 heteroatoms. The third kappa shape index (κ3) is 4.25. The molecule has 0 unspecified atom stereocenters. The third-order valence-electron chi connectivity index (χ3n) is 3.37. The SMILES string of the molecule is CSCC[C@H](C(=O)[O-])N1C(=O)/C(=C/c2ccc(C=O)cc2)SC1=S. The minimum absolute atomic E-state index is 0.214. The number of carbonyl (C=O) groups excluding carboxylic acids is 3. The van der Waals surface area contributed by atoms with Crippen molar-refractivity contribution in [3.63, 3.8) is 0 Å². The van der Waals surface area contributed by atoms with Crippen LogP contribution in [0.5, 0.6) is 0 Å². The van der Waals surface area contributed by atoms with E-state index in [1.165, 1.54) is 11.8 Å². The summed E-state index contributed by atoms with van der Waals surface area (Å²) in [7, 11) is 0. The molecule has 1 atom stereocenters. The smallest absolute Gasteiger partial charge is 0.266 e. The normalized spacial score (nSPS) is 17.4. The minimum Gasteiger partial charge on any atom is -0.548 e. The summed E-state index contributed by atoms with van der Waals surface area (Å²) in [4.78, 5) is 36.1. The van der Waals surface area contributed by atoms with Crippen LogP contribution in [-0.4, -0.2) is 45.4 Å². The van der Waals surface area contributed by atoms with E-state index in [2.05, 4.69) is 0 Å². The van der Waals surface area contributed by atoms with Crippen molar-refractivity contribution in [1.29, 1.82) is 0 Å². The van der Waals surface area contributed by atoms with Gasteiger partial charge in [-0.15, -0.1) is 0 Å². The standard InChI is InChI=1S/C16H15NO4S3/c1-23-7-6-12(15(20)21)17-14(19)13(24-16(17)22)8-10-2-4-11(9-18)5-3-10/h2-5,8-9,12H,6-7H2,1H3,(H,20,21)/p-1/b13-8-/t12-/m1/s1. The van der Waals surface area contributed by atoms with Crippen LogP contribution in [0.15, 0.2) is 29.2 Å². The first-order valence-corrected chi connectivity index (χ1v) is 9.62. The van der Waals surface area contributed by atoms with Crippen LogP contribution in [-0.2, 0) is 9.59 Å². The van der Waals surface area contributed by atoms with E-state index in [0.29, 0.717) is 16.2 Å². The van der Waals surface area contributed by atoms with E-state index < -0.39 is 17.9 Å². The molecule has 0 spiro atoms. The number of aliphatic carboxylic acids is 1. The molecule has 5 nitrogen and oxygen atoms in total. The lowest BCUT2D eigenvalue weighted by molar-refractivity contribution is -0.310. The molecule has 24 heavy (non-hydrogen) atoms. The van der Waals surface area contributed by atoms with Gasteiger partial charge in [0, 0.05) is 5.56 Å². The molecule has 0 aliphatic carbocycles. The summed E-state index contributed by atoms with van der Waals surface area (Å²) in [5.41, 5.74) is 1.27. The maximum absolute atomic E-state index is 12.5. The Bertz CT molecular complexity index is 700. The van der Waals surface area contributed by atoms with Gasteiger partial charge < -0.3 is 9.90 Å². The van der Waals surface area contributed by atoms with Crippen molar-refractivity contribution in [3.8, 4) is 0 Å². The van der Waals surface area contributed by atoms with E-state index in [4.69, 9.17) is 12.2 Å². The minimum atomic E-state index is -1.31. The summed E-state index contributed by atoms with van der Waals surface area (Å²) in [6.45, 7) is 0. The third-order valence-corrected chi connectivity index (χ3v) is 5.35. The van der Waals surface area contributed by atoms with Crippen molar-refractivity contribution in [1.82, 2.24) is 4.90 Å². The number of amides is 1. The quantitative estimate of drug-likeness (QED) is 0.404. The highest BCUT2D eigenvalue weighted by atomic mass is 32.2. The topological polar surface area (TPSA) is 77.5 Å². The molecule has 0 radical (unpaired) electrons. The van der Waals surface area contributed by atoms with Gasteiger partial charge in [-0.1, -0.05) is 48.2 Å². The Hall–Kier alpha value is -1.64. The Morgan fingerprint density at radius 1 is 1.38 bits per heavy atom. The number of carboxylic acid groups (broad SMARTS) is 1. The molecule has 1 aromatic carbocycles. The number of carboxylic acids is 1. The summed E-state index contributed by atoms with van der Waals surface area (Å²) < 4.78 is 0.214. The Morgan fingerprint density at radius 3 is 2.54 bits per heavy atom. The van der Waals surface area contributed by atoms with Gasteiger partial charge in [0.15, 0.2) is 0 Å². The second kappa shape index (κ2) is 8.46. The van der Waals surface area contributed by atoms with Crippen molar-refractivity contribution in [2.24, 2.45) is 0 Å². The van der Waals surface area contributed by atoms with Crippen molar-refractivity contribution in [3.05, 3.63) is 40.3 Å². The summed E-state index contributed by atoms with van der Waals surface area (Å²) in [6, 6.07) is 5.64. The van der Waals surface area contributed by atoms with Gasteiger partial charge in [-0.2, -0.15) is 11.8 Å². The molecule has 0 bridgehead atoms. The highest BCUT2D eigenvalue weighted by molar-refractivity contribution is 8.26. The Balaban J connectivity index is 2.24. The lowest BCUT2D eigenvalue weighted by atomic mass is 10.1. The molecule has 0 saturated carbocycles. The number of hydrogen-bond acceptors (Lipinski definition) is 7. The zero-order valence-electron chi connectivity index (χ0n) is 12.8. The van der Waals surface area contributed by atoms with E-state index >= 15 is 0 Å². The molecule has 126 valence electrons. The summed E-state index contributed by atoms with van der Waals surface area (Å²) >= 11 is 7.74. The van der Waals surface area contributed by atoms with Crippen LogP contribution in [0.4, 0.5) is 0 Å². The van der Waals surface area contributed by atoms with Gasteiger partial charge in [-0.25, -0.2) is 0 Å². The van der Waals surface area contributed by atoms with Gasteiger partial charge in [0.2, 0.25) is 0 Å². The van der Waals surface area contributed by atoms with Crippen molar-refractivity contribution >= 4 is 64.3 Å². The molecule has 2 rings (SSSR count). The number of nitrogens with zero attached hydrogens (tertiary/aromatic N) is 1. The van der Waals surface area contributed by atoms with Gasteiger partial charge in [-0.3, -0.25) is 14.5 Å². The van der Waals surface area contributed by atoms with Gasteiger partial charge >= 0.3 is 0 Å². The maximum atomic E-state index is 12.5. The monoisotopic (exact) mass is 380 g/mol. The van der Waals surface area contributed by atoms with Crippen LogP contribution < -0.4 is 5.11 Å². The zero-order valence-corrected chi connectivity index (χ0v) is 15.2. The number of rotatable bonds is 7. The van der Waals surface area contributed by atoms with E-state index in [9.17, 15) is 19.5 Å². The van der Waals surface area contributed by atoms with Gasteiger partial charge in [-0.05, 0) is 30.1 Å². The first-order chi connectivity index (χ1) is 11.5. The van der Waals surface area contributed by atoms with Crippen LogP contribution >= 0.6 is 35.7 Å². The number of aldehydes is 1. The molecule has 0 N–H and O–H groups in total. The lowest BCUT2D eigenvalue weighted by Crippen LogP contribution is -2.50. The van der Waals surface area contributed by atoms with Gasteiger partial charge in [0.05, 0.1) is 16.9 Å². The lowest BCUT2D eigenvalue weighted by Gasteiger charge is -2.27. The highest BCUT2D eigenvalue weighted by Gasteiger charge is 2.37. The second-order valence-corrected chi connectivity index (χ2v) is 7.61. The molecule has 1 aromatic rings. The molecule has 1 heterocycles. The Labute approximate surface area is 153 Å². The van der Waals surface area contributed by atoms with Crippen molar-refractivity contribution in [2.45, 2.75) is 12.5 Å². The number of benzene rings is 1. The van der Waals surface area contributed by atoms with Crippen LogP contribution in [0.2, 0.25) is 0 Å². The van der Waals surface area contributed by atoms with E-state index in [1.54, 1.807) is 30.3 Å². The van der Waals surface area contributed by atoms with Crippen LogP contribution in [0.25, 0.3) is 6.08 Å². The predicted molar refractivity (Wildman–Crippen MR) is 98.6 cm³/mol. The summed E-state index contributed by atoms with van der Waals surface area (Å²) in [5.74, 6) is -1.15. The summed E-state index contributed by atoms with van der Waals surface area (Å²) in [6.07, 6.45) is 4.50. The molecule has 1 amide bonds. The fraction of sp³-hybridized carbons (Fsp3) is 0.250. The maximum Gasteiger partial charge on any atom is 0.266 e. The van der Waals surface area contributed by atoms with Crippen LogP contribution in [0, 0.1) is 0 Å². The van der Waals surface area contributed by atoms with Crippen molar-refractivity contribution < 1.29 is 19.5 Å². The van der Waals surface area contributed by atoms with Crippen molar-refractivity contribution in [2.75, 3.05) is 12.0 Å². The number of hydrogen-bond donors (Lipinski definition) is 0. The highest BCUT2D eigenvalue weighted by Crippen LogP contribution is 2.34. The number of thiocarbonyl (C=S) groups is 1. The molecular formula is C16H14NO4S3-. The molecule has 1 fully saturated rings. The van der Waals surface area contributed by atoms with Gasteiger partial charge in [0.25, 0.3) is 5.91 Å². The van der Waals surface area contributed by atoms with Crippen LogP contribution in [0.1, 0.15) is 22.3 Å². The second-order valence-electron chi connectivity index (χ2n) is 4.95. The van der Waals surface area contributed by atoms with E-state index in [0.717, 1.165) is 28.5 Å². The molecule has 1 aliphatic rings. The number of carbonyl (C=O) groups is 3. The fourth-order valence-electron chi connectivity index (χ4n) is 2.15. The average molecular weight is 380 g/mol. The number of thioether (sulfide) groups is 2. The zero-order chi connectivity index (χ0) is 17.7. The molecule has 1 saturated heterocycles. The fourth-order valence-corrected chi connectivity index (χ4v) is 3.97. The predicted octanol–water partition coefficient (Wildman–Crippen LogP) is 1.57.